The molecule has 2 nitrogen and oxygen atoms in total. The molecule has 2 unspecified atom stereocenters. The molecule has 0 aliphatic heterocycles. The third kappa shape index (κ3) is 5.93. The first-order chi connectivity index (χ1) is 8.84. The third-order valence-corrected chi connectivity index (χ3v) is 3.99. The van der Waals surface area contributed by atoms with Gasteiger partial charge in [0.25, 0.3) is 0 Å². The van der Waals surface area contributed by atoms with Crippen LogP contribution in [0.4, 0.5) is 4.39 Å². The zero-order valence-corrected chi connectivity index (χ0v) is 12.9. The van der Waals surface area contributed by atoms with E-state index in [9.17, 15) is 9.50 Å². The molecule has 0 saturated carbocycles. The summed E-state index contributed by atoms with van der Waals surface area (Å²) in [6.07, 6.45) is 0.851. The normalized spacial score (nSPS) is 16.4. The first-order valence-corrected chi connectivity index (χ1v) is 7.53. The molecular weight excluding hydrogens is 261 g/mol. The second-order valence-electron chi connectivity index (χ2n) is 5.60. The number of hydrogen-bond acceptors (Lipinski definition) is 3. The number of halogens is 1. The minimum atomic E-state index is -0.277. The van der Waals surface area contributed by atoms with Crippen LogP contribution in [0.25, 0.3) is 0 Å². The number of rotatable bonds is 7. The van der Waals surface area contributed by atoms with E-state index < -0.39 is 0 Å². The molecule has 19 heavy (non-hydrogen) atoms. The Balaban J connectivity index is 2.57. The van der Waals surface area contributed by atoms with Crippen molar-refractivity contribution in [2.75, 3.05) is 6.61 Å². The van der Waals surface area contributed by atoms with Crippen molar-refractivity contribution in [3.05, 3.63) is 30.1 Å². The molecule has 0 radical (unpaired) electrons. The summed E-state index contributed by atoms with van der Waals surface area (Å²) < 4.78 is 12.8. The Morgan fingerprint density at radius 1 is 1.26 bits per heavy atom. The molecule has 2 N–H and O–H groups in total. The number of hydrogen-bond donors (Lipinski definition) is 2. The predicted molar refractivity (Wildman–Crippen MR) is 80.1 cm³/mol. The van der Waals surface area contributed by atoms with Crippen molar-refractivity contribution in [1.29, 1.82) is 0 Å². The number of benzene rings is 1. The van der Waals surface area contributed by atoms with Crippen LogP contribution in [0.3, 0.4) is 0 Å². The van der Waals surface area contributed by atoms with Gasteiger partial charge in [0.1, 0.15) is 5.82 Å². The summed E-state index contributed by atoms with van der Waals surface area (Å²) in [5.74, 6) is -0.210. The Bertz CT molecular complexity index is 382. The van der Waals surface area contributed by atoms with Crippen molar-refractivity contribution < 1.29 is 9.50 Å². The highest BCUT2D eigenvalue weighted by molar-refractivity contribution is 7.99. The van der Waals surface area contributed by atoms with E-state index in [2.05, 4.69) is 26.1 Å². The summed E-state index contributed by atoms with van der Waals surface area (Å²) in [4.78, 5) is 1.05. The van der Waals surface area contributed by atoms with Crippen LogP contribution in [0.2, 0.25) is 0 Å². The van der Waals surface area contributed by atoms with Gasteiger partial charge in [-0.05, 0) is 37.6 Å². The molecule has 1 rings (SSSR count). The smallest absolute Gasteiger partial charge is 0.123 e. The zero-order valence-electron chi connectivity index (χ0n) is 12.1. The highest BCUT2D eigenvalue weighted by Gasteiger charge is 2.26. The number of aliphatic hydroxyl groups is 1. The van der Waals surface area contributed by atoms with Gasteiger partial charge in [0, 0.05) is 21.7 Å². The fourth-order valence-corrected chi connectivity index (χ4v) is 3.50. The molecule has 0 saturated heterocycles. The highest BCUT2D eigenvalue weighted by Crippen LogP contribution is 2.29. The summed E-state index contributed by atoms with van der Waals surface area (Å²) in [5.41, 5.74) is -0.277. The average Bonchev–Trinajstić information content (AvgIpc) is 2.31. The molecule has 0 aliphatic carbocycles. The van der Waals surface area contributed by atoms with E-state index in [1.165, 1.54) is 12.1 Å². The van der Waals surface area contributed by atoms with Gasteiger partial charge in [-0.15, -0.1) is 11.8 Å². The van der Waals surface area contributed by atoms with E-state index in [0.717, 1.165) is 11.3 Å². The first-order valence-electron chi connectivity index (χ1n) is 6.65. The number of nitrogens with one attached hydrogen (secondary N) is 1. The van der Waals surface area contributed by atoms with Gasteiger partial charge in [0.05, 0.1) is 6.61 Å². The van der Waals surface area contributed by atoms with E-state index in [0.29, 0.717) is 11.3 Å². The molecule has 1 aromatic carbocycles. The predicted octanol–water partition coefficient (Wildman–Crippen LogP) is 3.45. The lowest BCUT2D eigenvalue weighted by atomic mass is 9.96. The lowest BCUT2D eigenvalue weighted by Gasteiger charge is -2.33. The SMILES string of the molecule is CC(C)NC(C)(CO)CC(C)Sc1ccc(F)cc1. The van der Waals surface area contributed by atoms with Crippen molar-refractivity contribution in [3.63, 3.8) is 0 Å². The van der Waals surface area contributed by atoms with E-state index in [1.807, 2.05) is 6.92 Å². The van der Waals surface area contributed by atoms with E-state index in [1.54, 1.807) is 23.9 Å². The van der Waals surface area contributed by atoms with Crippen molar-refractivity contribution in [2.24, 2.45) is 0 Å². The van der Waals surface area contributed by atoms with Gasteiger partial charge in [0.2, 0.25) is 0 Å². The second-order valence-corrected chi connectivity index (χ2v) is 7.12. The zero-order chi connectivity index (χ0) is 14.5. The van der Waals surface area contributed by atoms with E-state index >= 15 is 0 Å². The van der Waals surface area contributed by atoms with Crippen LogP contribution in [-0.4, -0.2) is 28.5 Å². The molecule has 4 heteroatoms. The summed E-state index contributed by atoms with van der Waals surface area (Å²) in [5, 5.41) is 13.3. The van der Waals surface area contributed by atoms with Crippen molar-refractivity contribution >= 4 is 11.8 Å². The van der Waals surface area contributed by atoms with E-state index in [-0.39, 0.29) is 18.0 Å². The third-order valence-electron chi connectivity index (χ3n) is 2.87. The van der Waals surface area contributed by atoms with E-state index in [4.69, 9.17) is 0 Å². The van der Waals surface area contributed by atoms with Crippen molar-refractivity contribution in [1.82, 2.24) is 5.32 Å². The monoisotopic (exact) mass is 285 g/mol. The molecule has 0 fully saturated rings. The maximum absolute atomic E-state index is 12.8. The molecule has 0 aliphatic rings. The summed E-state index contributed by atoms with van der Waals surface area (Å²) >= 11 is 1.70. The molecule has 108 valence electrons. The fourth-order valence-electron chi connectivity index (χ4n) is 2.29. The summed E-state index contributed by atoms with van der Waals surface area (Å²) in [6, 6.07) is 6.88. The lowest BCUT2D eigenvalue weighted by Crippen LogP contribution is -2.50. The summed E-state index contributed by atoms with van der Waals surface area (Å²) in [6.45, 7) is 8.43. The number of aliphatic hydroxyl groups excluding tert-OH is 1. The Hall–Kier alpha value is -0.580. The molecule has 0 aromatic heterocycles. The molecule has 0 spiro atoms. The van der Waals surface area contributed by atoms with Gasteiger partial charge in [-0.3, -0.25) is 0 Å². The van der Waals surface area contributed by atoms with Gasteiger partial charge in [0.15, 0.2) is 0 Å². The van der Waals surface area contributed by atoms with Gasteiger partial charge in [-0.2, -0.15) is 0 Å². The Morgan fingerprint density at radius 3 is 2.32 bits per heavy atom. The molecule has 1 aromatic rings. The maximum atomic E-state index is 12.8. The van der Waals surface area contributed by atoms with Crippen LogP contribution in [0.1, 0.15) is 34.1 Å². The van der Waals surface area contributed by atoms with Gasteiger partial charge in [-0.25, -0.2) is 4.39 Å². The van der Waals surface area contributed by atoms with Crippen LogP contribution < -0.4 is 5.32 Å². The fraction of sp³-hybridized carbons (Fsp3) is 0.600. The van der Waals surface area contributed by atoms with Gasteiger partial charge >= 0.3 is 0 Å². The molecule has 0 heterocycles. The van der Waals surface area contributed by atoms with Crippen molar-refractivity contribution in [3.8, 4) is 0 Å². The lowest BCUT2D eigenvalue weighted by molar-refractivity contribution is 0.157. The first kappa shape index (κ1) is 16.5. The Morgan fingerprint density at radius 2 is 1.84 bits per heavy atom. The quantitative estimate of drug-likeness (QED) is 0.753. The highest BCUT2D eigenvalue weighted by atomic mass is 32.2. The largest absolute Gasteiger partial charge is 0.394 e. The Kier molecular flexibility index (Phi) is 6.30. The Labute approximate surface area is 119 Å². The minimum Gasteiger partial charge on any atom is -0.394 e. The molecule has 0 amide bonds. The maximum Gasteiger partial charge on any atom is 0.123 e. The molecule has 0 bridgehead atoms. The van der Waals surface area contributed by atoms with Gasteiger partial charge in [-0.1, -0.05) is 20.8 Å². The molecular formula is C15H24FNOS. The number of thioether (sulfide) groups is 1. The van der Waals surface area contributed by atoms with Crippen LogP contribution in [0, 0.1) is 5.82 Å². The average molecular weight is 285 g/mol. The minimum absolute atomic E-state index is 0.111. The second kappa shape index (κ2) is 7.27. The molecule has 2 atom stereocenters. The van der Waals surface area contributed by atoms with Crippen LogP contribution in [-0.2, 0) is 0 Å². The topological polar surface area (TPSA) is 32.3 Å². The van der Waals surface area contributed by atoms with Crippen LogP contribution in [0.15, 0.2) is 29.2 Å². The standard InChI is InChI=1S/C15H24FNOS/c1-11(2)17-15(4,10-18)9-12(3)19-14-7-5-13(16)6-8-14/h5-8,11-12,17-18H,9-10H2,1-4H3. The van der Waals surface area contributed by atoms with Crippen LogP contribution in [0.5, 0.6) is 0 Å². The van der Waals surface area contributed by atoms with Crippen molar-refractivity contribution in [2.45, 2.75) is 55.8 Å². The summed E-state index contributed by atoms with van der Waals surface area (Å²) in [7, 11) is 0. The van der Waals surface area contributed by atoms with Gasteiger partial charge < -0.3 is 10.4 Å². The van der Waals surface area contributed by atoms with Crippen LogP contribution >= 0.6 is 11.8 Å².